The van der Waals surface area contributed by atoms with E-state index in [1.54, 1.807) is 0 Å². The number of hydrogen-bond donors (Lipinski definition) is 2. The Kier molecular flexibility index (Phi) is 3.30. The van der Waals surface area contributed by atoms with Crippen molar-refractivity contribution in [2.45, 2.75) is 25.1 Å². The number of alkyl halides is 3. The first-order valence-electron chi connectivity index (χ1n) is 5.80. The summed E-state index contributed by atoms with van der Waals surface area (Å²) in [4.78, 5) is 13.0. The van der Waals surface area contributed by atoms with Crippen LogP contribution in [0.1, 0.15) is 23.2 Å². The Morgan fingerprint density at radius 2 is 1.74 bits per heavy atom. The van der Waals surface area contributed by atoms with E-state index in [1.807, 2.05) is 0 Å². The molecule has 1 aromatic carbocycles. The topological polar surface area (TPSA) is 72.3 Å². The summed E-state index contributed by atoms with van der Waals surface area (Å²) < 4.78 is 37.5. The molecule has 1 aliphatic rings. The monoisotopic (exact) mass is 273 g/mol. The van der Waals surface area contributed by atoms with Crippen molar-refractivity contribution in [2.75, 3.05) is 18.0 Å². The highest BCUT2D eigenvalue weighted by atomic mass is 19.4. The van der Waals surface area contributed by atoms with Crippen LogP contribution in [-0.2, 0) is 0 Å². The van der Waals surface area contributed by atoms with Crippen LogP contribution < -0.4 is 11.5 Å². The SMILES string of the molecule is Nc1cc(N)cc(C(=O)N(CC(F)(F)F)C2CC2)c1. The maximum absolute atomic E-state index is 12.5. The summed E-state index contributed by atoms with van der Waals surface area (Å²) in [6.07, 6.45) is -3.22. The van der Waals surface area contributed by atoms with Crippen molar-refractivity contribution in [2.24, 2.45) is 0 Å². The molecule has 0 bridgehead atoms. The van der Waals surface area contributed by atoms with Gasteiger partial charge in [-0.1, -0.05) is 0 Å². The molecule has 1 fully saturated rings. The Labute approximate surface area is 108 Å². The van der Waals surface area contributed by atoms with Gasteiger partial charge < -0.3 is 16.4 Å². The molecular weight excluding hydrogens is 259 g/mol. The van der Waals surface area contributed by atoms with Gasteiger partial charge in [0.15, 0.2) is 0 Å². The number of benzene rings is 1. The van der Waals surface area contributed by atoms with Crippen LogP contribution in [0.5, 0.6) is 0 Å². The third-order valence-electron chi connectivity index (χ3n) is 2.82. The van der Waals surface area contributed by atoms with E-state index in [2.05, 4.69) is 0 Å². The lowest BCUT2D eigenvalue weighted by atomic mass is 10.1. The second-order valence-electron chi connectivity index (χ2n) is 4.67. The summed E-state index contributed by atoms with van der Waals surface area (Å²) in [6.45, 7) is -1.24. The Bertz CT molecular complexity index is 477. The number of anilines is 2. The lowest BCUT2D eigenvalue weighted by Gasteiger charge is -2.24. The van der Waals surface area contributed by atoms with Gasteiger partial charge in [0.1, 0.15) is 6.54 Å². The van der Waals surface area contributed by atoms with Gasteiger partial charge >= 0.3 is 6.18 Å². The lowest BCUT2D eigenvalue weighted by Crippen LogP contribution is -2.40. The van der Waals surface area contributed by atoms with Crippen LogP contribution in [0.2, 0.25) is 0 Å². The minimum atomic E-state index is -4.41. The Morgan fingerprint density at radius 3 is 2.16 bits per heavy atom. The fraction of sp³-hybridized carbons (Fsp3) is 0.417. The van der Waals surface area contributed by atoms with Crippen molar-refractivity contribution in [3.63, 3.8) is 0 Å². The first-order chi connectivity index (χ1) is 8.76. The van der Waals surface area contributed by atoms with Gasteiger partial charge in [-0.3, -0.25) is 4.79 Å². The zero-order valence-electron chi connectivity index (χ0n) is 10.1. The van der Waals surface area contributed by atoms with Gasteiger partial charge in [-0.05, 0) is 31.0 Å². The van der Waals surface area contributed by atoms with E-state index in [4.69, 9.17) is 11.5 Å². The molecule has 0 aromatic heterocycles. The second kappa shape index (κ2) is 4.64. The van der Waals surface area contributed by atoms with Gasteiger partial charge in [0.05, 0.1) is 0 Å². The van der Waals surface area contributed by atoms with Crippen molar-refractivity contribution in [1.29, 1.82) is 0 Å². The van der Waals surface area contributed by atoms with Crippen LogP contribution in [0.3, 0.4) is 0 Å². The van der Waals surface area contributed by atoms with Gasteiger partial charge in [0, 0.05) is 23.0 Å². The van der Waals surface area contributed by atoms with Crippen LogP contribution in [-0.4, -0.2) is 29.6 Å². The molecule has 0 unspecified atom stereocenters. The molecule has 0 aliphatic heterocycles. The molecule has 0 atom stereocenters. The Hall–Kier alpha value is -1.92. The van der Waals surface area contributed by atoms with E-state index in [0.717, 1.165) is 4.90 Å². The fourth-order valence-corrected chi connectivity index (χ4v) is 1.91. The molecule has 4 nitrogen and oxygen atoms in total. The van der Waals surface area contributed by atoms with Crippen LogP contribution in [0.25, 0.3) is 0 Å². The van der Waals surface area contributed by atoms with Gasteiger partial charge in [0.25, 0.3) is 5.91 Å². The van der Waals surface area contributed by atoms with E-state index < -0.39 is 18.6 Å². The average Bonchev–Trinajstić information content (AvgIpc) is 3.06. The zero-order chi connectivity index (χ0) is 14.2. The molecule has 0 spiro atoms. The van der Waals surface area contributed by atoms with E-state index in [-0.39, 0.29) is 23.0 Å². The largest absolute Gasteiger partial charge is 0.406 e. The first kappa shape index (κ1) is 13.5. The Balaban J connectivity index is 2.24. The summed E-state index contributed by atoms with van der Waals surface area (Å²) >= 11 is 0. The van der Waals surface area contributed by atoms with Crippen LogP contribution in [0.4, 0.5) is 24.5 Å². The minimum absolute atomic E-state index is 0.0913. The highest BCUT2D eigenvalue weighted by Crippen LogP contribution is 2.31. The zero-order valence-corrected chi connectivity index (χ0v) is 10.1. The molecule has 0 radical (unpaired) electrons. The molecular formula is C12H14F3N3O. The number of halogens is 3. The number of carbonyl (C=O) groups is 1. The number of carbonyl (C=O) groups excluding carboxylic acids is 1. The van der Waals surface area contributed by atoms with Gasteiger partial charge in [-0.2, -0.15) is 13.2 Å². The predicted molar refractivity (Wildman–Crippen MR) is 65.4 cm³/mol. The molecule has 0 saturated heterocycles. The lowest BCUT2D eigenvalue weighted by molar-refractivity contribution is -0.141. The molecule has 0 heterocycles. The van der Waals surface area contributed by atoms with Crippen molar-refractivity contribution < 1.29 is 18.0 Å². The van der Waals surface area contributed by atoms with Crippen LogP contribution in [0.15, 0.2) is 18.2 Å². The fourth-order valence-electron chi connectivity index (χ4n) is 1.91. The van der Waals surface area contributed by atoms with E-state index >= 15 is 0 Å². The summed E-state index contributed by atoms with van der Waals surface area (Å²) in [5.74, 6) is -0.682. The maximum Gasteiger partial charge on any atom is 0.406 e. The molecule has 1 aromatic rings. The van der Waals surface area contributed by atoms with E-state index in [9.17, 15) is 18.0 Å². The van der Waals surface area contributed by atoms with E-state index in [1.165, 1.54) is 18.2 Å². The van der Waals surface area contributed by atoms with Gasteiger partial charge in [0.2, 0.25) is 0 Å². The quantitative estimate of drug-likeness (QED) is 0.827. The molecule has 2 rings (SSSR count). The maximum atomic E-state index is 12.5. The summed E-state index contributed by atoms with van der Waals surface area (Å²) in [5, 5.41) is 0. The molecule has 1 amide bonds. The van der Waals surface area contributed by atoms with Crippen molar-refractivity contribution >= 4 is 17.3 Å². The normalized spacial score (nSPS) is 15.3. The summed E-state index contributed by atoms with van der Waals surface area (Å²) in [6, 6.07) is 3.79. The average molecular weight is 273 g/mol. The number of nitrogens with two attached hydrogens (primary N) is 2. The standard InChI is InChI=1S/C12H14F3N3O/c13-12(14,15)6-18(10-1-2-10)11(19)7-3-8(16)5-9(17)4-7/h3-5,10H,1-2,6,16-17H2. The summed E-state index contributed by atoms with van der Waals surface area (Å²) in [5.41, 5.74) is 11.7. The highest BCUT2D eigenvalue weighted by Gasteiger charge is 2.40. The number of nitrogen functional groups attached to an aromatic ring is 2. The third-order valence-corrected chi connectivity index (χ3v) is 2.82. The van der Waals surface area contributed by atoms with E-state index in [0.29, 0.717) is 12.8 Å². The Morgan fingerprint density at radius 1 is 1.21 bits per heavy atom. The van der Waals surface area contributed by atoms with Crippen molar-refractivity contribution in [3.05, 3.63) is 23.8 Å². The number of hydrogen-bond acceptors (Lipinski definition) is 3. The molecule has 104 valence electrons. The molecule has 1 aliphatic carbocycles. The minimum Gasteiger partial charge on any atom is -0.399 e. The van der Waals surface area contributed by atoms with Gasteiger partial charge in [-0.15, -0.1) is 0 Å². The molecule has 19 heavy (non-hydrogen) atoms. The molecule has 4 N–H and O–H groups in total. The van der Waals surface area contributed by atoms with Crippen LogP contribution in [0, 0.1) is 0 Å². The number of nitrogens with zero attached hydrogens (tertiary/aromatic N) is 1. The van der Waals surface area contributed by atoms with Gasteiger partial charge in [-0.25, -0.2) is 0 Å². The van der Waals surface area contributed by atoms with Crippen molar-refractivity contribution in [3.8, 4) is 0 Å². The first-order valence-corrected chi connectivity index (χ1v) is 5.80. The third kappa shape index (κ3) is 3.52. The smallest absolute Gasteiger partial charge is 0.399 e. The summed E-state index contributed by atoms with van der Waals surface area (Å²) in [7, 11) is 0. The van der Waals surface area contributed by atoms with Crippen LogP contribution >= 0.6 is 0 Å². The molecule has 1 saturated carbocycles. The number of rotatable bonds is 3. The predicted octanol–water partition coefficient (Wildman–Crippen LogP) is 2.02. The molecule has 7 heteroatoms. The number of amides is 1. The second-order valence-corrected chi connectivity index (χ2v) is 4.67. The highest BCUT2D eigenvalue weighted by molar-refractivity contribution is 5.96. The van der Waals surface area contributed by atoms with Crippen molar-refractivity contribution in [1.82, 2.24) is 4.90 Å².